The first kappa shape index (κ1) is 22.6. The maximum absolute atomic E-state index is 12.5. The quantitative estimate of drug-likeness (QED) is 0.391. The molecule has 3 rings (SSSR count). The van der Waals surface area contributed by atoms with Crippen LogP contribution >= 0.6 is 0 Å². The zero-order valence-corrected chi connectivity index (χ0v) is 18.0. The van der Waals surface area contributed by atoms with Crippen LogP contribution in [0.1, 0.15) is 13.3 Å². The lowest BCUT2D eigenvalue weighted by Gasteiger charge is -2.11. The normalized spacial score (nSPS) is 10.9. The summed E-state index contributed by atoms with van der Waals surface area (Å²) in [6.45, 7) is 1.48. The van der Waals surface area contributed by atoms with Crippen molar-refractivity contribution in [1.82, 2.24) is 5.43 Å². The fourth-order valence-corrected chi connectivity index (χ4v) is 2.94. The fraction of sp³-hybridized carbons (Fsp3) is 0.160. The molecule has 3 aromatic rings. The van der Waals surface area contributed by atoms with Gasteiger partial charge in [0.1, 0.15) is 11.5 Å². The Morgan fingerprint density at radius 1 is 0.844 bits per heavy atom. The molecule has 0 saturated carbocycles. The Labute approximate surface area is 187 Å². The van der Waals surface area contributed by atoms with Crippen molar-refractivity contribution in [3.05, 3.63) is 78.9 Å². The minimum atomic E-state index is -0.421. The number of hydrogen-bond donors (Lipinski definition) is 2. The van der Waals surface area contributed by atoms with E-state index in [1.165, 1.54) is 0 Å². The molecule has 7 nitrogen and oxygen atoms in total. The van der Waals surface area contributed by atoms with E-state index in [1.807, 2.05) is 54.6 Å². The Balaban J connectivity index is 1.49. The third-order valence-corrected chi connectivity index (χ3v) is 4.50. The van der Waals surface area contributed by atoms with Crippen molar-refractivity contribution in [1.29, 1.82) is 0 Å². The Kier molecular flexibility index (Phi) is 7.97. The minimum Gasteiger partial charge on any atom is -0.497 e. The second-order valence-electron chi connectivity index (χ2n) is 6.98. The van der Waals surface area contributed by atoms with Crippen LogP contribution in [0.15, 0.2) is 84.0 Å². The van der Waals surface area contributed by atoms with Crippen LogP contribution in [-0.2, 0) is 9.59 Å². The summed E-state index contributed by atoms with van der Waals surface area (Å²) < 4.78 is 10.5. The van der Waals surface area contributed by atoms with Crippen molar-refractivity contribution >= 4 is 23.2 Å². The molecule has 0 aliphatic carbocycles. The highest BCUT2D eigenvalue weighted by molar-refractivity contribution is 6.07. The molecule has 0 atom stereocenters. The summed E-state index contributed by atoms with van der Waals surface area (Å²) in [7, 11) is 1.58. The van der Waals surface area contributed by atoms with Gasteiger partial charge in [-0.15, -0.1) is 0 Å². The second kappa shape index (κ2) is 11.3. The summed E-state index contributed by atoms with van der Waals surface area (Å²) in [6.07, 6.45) is 0.0444. The van der Waals surface area contributed by atoms with Gasteiger partial charge in [-0.3, -0.25) is 9.59 Å². The van der Waals surface area contributed by atoms with Gasteiger partial charge in [0.15, 0.2) is 6.61 Å². The van der Waals surface area contributed by atoms with E-state index < -0.39 is 5.91 Å². The molecule has 0 unspecified atom stereocenters. The zero-order valence-electron chi connectivity index (χ0n) is 18.0. The number of hydrogen-bond acceptors (Lipinski definition) is 5. The average Bonchev–Trinajstić information content (AvgIpc) is 2.82. The predicted octanol–water partition coefficient (Wildman–Crippen LogP) is 4.26. The maximum Gasteiger partial charge on any atom is 0.277 e. The van der Waals surface area contributed by atoms with Gasteiger partial charge >= 0.3 is 0 Å². The summed E-state index contributed by atoms with van der Waals surface area (Å²) in [5, 5.41) is 6.90. The first-order chi connectivity index (χ1) is 15.5. The number of benzene rings is 3. The Hall–Kier alpha value is -4.13. The van der Waals surface area contributed by atoms with Gasteiger partial charge in [-0.25, -0.2) is 5.43 Å². The van der Waals surface area contributed by atoms with Gasteiger partial charge in [-0.05, 0) is 42.8 Å². The molecule has 0 aromatic heterocycles. The molecule has 0 saturated heterocycles. The smallest absolute Gasteiger partial charge is 0.277 e. The maximum atomic E-state index is 12.5. The summed E-state index contributed by atoms with van der Waals surface area (Å²) in [4.78, 5) is 24.4. The van der Waals surface area contributed by atoms with E-state index in [4.69, 9.17) is 9.47 Å². The number of ether oxygens (including phenoxy) is 2. The van der Waals surface area contributed by atoms with Crippen molar-refractivity contribution in [3.8, 4) is 22.6 Å². The van der Waals surface area contributed by atoms with Crippen LogP contribution in [0, 0.1) is 0 Å². The lowest BCUT2D eigenvalue weighted by atomic mass is 10.0. The molecule has 0 radical (unpaired) electrons. The van der Waals surface area contributed by atoms with Crippen LogP contribution in [0.25, 0.3) is 11.1 Å². The number of rotatable bonds is 9. The molecule has 2 amide bonds. The number of nitrogens with one attached hydrogen (secondary N) is 2. The highest BCUT2D eigenvalue weighted by Crippen LogP contribution is 2.27. The number of hydrazone groups is 1. The van der Waals surface area contributed by atoms with Crippen molar-refractivity contribution < 1.29 is 19.1 Å². The molecule has 0 fully saturated rings. The molecular weight excluding hydrogens is 406 g/mol. The summed E-state index contributed by atoms with van der Waals surface area (Å²) in [6, 6.07) is 24.3. The number of para-hydroxylation sites is 1. The van der Waals surface area contributed by atoms with Gasteiger partial charge in [0, 0.05) is 17.0 Å². The van der Waals surface area contributed by atoms with E-state index in [9.17, 15) is 9.59 Å². The SMILES string of the molecule is COc1ccc(OCC(=O)NN=C(C)CC(=O)Nc2ccccc2-c2ccccc2)cc1. The van der Waals surface area contributed by atoms with Crippen LogP contribution in [0.4, 0.5) is 5.69 Å². The summed E-state index contributed by atoms with van der Waals surface area (Å²) in [5.74, 6) is 0.596. The predicted molar refractivity (Wildman–Crippen MR) is 125 cm³/mol. The van der Waals surface area contributed by atoms with E-state index in [0.717, 1.165) is 11.1 Å². The fourth-order valence-electron chi connectivity index (χ4n) is 2.94. The molecule has 32 heavy (non-hydrogen) atoms. The van der Waals surface area contributed by atoms with E-state index in [2.05, 4.69) is 15.8 Å². The second-order valence-corrected chi connectivity index (χ2v) is 6.98. The molecule has 0 spiro atoms. The van der Waals surface area contributed by atoms with Crippen LogP contribution in [0.2, 0.25) is 0 Å². The van der Waals surface area contributed by atoms with Gasteiger partial charge in [0.05, 0.1) is 13.5 Å². The first-order valence-corrected chi connectivity index (χ1v) is 10.1. The van der Waals surface area contributed by atoms with Crippen LogP contribution in [0.5, 0.6) is 11.5 Å². The molecule has 0 bridgehead atoms. The van der Waals surface area contributed by atoms with E-state index in [-0.39, 0.29) is 18.9 Å². The number of carbonyl (C=O) groups is 2. The van der Waals surface area contributed by atoms with Crippen molar-refractivity contribution in [3.63, 3.8) is 0 Å². The minimum absolute atomic E-state index is 0.0444. The van der Waals surface area contributed by atoms with Crippen LogP contribution in [-0.4, -0.2) is 31.2 Å². The van der Waals surface area contributed by atoms with Gasteiger partial charge in [0.25, 0.3) is 5.91 Å². The Bertz CT molecular complexity index is 1080. The molecule has 0 aliphatic heterocycles. The number of nitrogens with zero attached hydrogens (tertiary/aromatic N) is 1. The number of amides is 2. The van der Waals surface area contributed by atoms with Crippen molar-refractivity contribution in [2.75, 3.05) is 19.0 Å². The molecule has 2 N–H and O–H groups in total. The molecule has 0 aliphatic rings. The van der Waals surface area contributed by atoms with Gasteiger partial charge in [-0.2, -0.15) is 5.10 Å². The Morgan fingerprint density at radius 3 is 2.22 bits per heavy atom. The van der Waals surface area contributed by atoms with Gasteiger partial charge < -0.3 is 14.8 Å². The number of carbonyl (C=O) groups excluding carboxylic acids is 2. The first-order valence-electron chi connectivity index (χ1n) is 10.1. The highest BCUT2D eigenvalue weighted by Gasteiger charge is 2.10. The summed E-state index contributed by atoms with van der Waals surface area (Å²) >= 11 is 0. The van der Waals surface area contributed by atoms with Crippen molar-refractivity contribution in [2.45, 2.75) is 13.3 Å². The zero-order chi connectivity index (χ0) is 22.8. The van der Waals surface area contributed by atoms with E-state index in [0.29, 0.717) is 22.9 Å². The molecule has 3 aromatic carbocycles. The number of methoxy groups -OCH3 is 1. The van der Waals surface area contributed by atoms with Crippen LogP contribution < -0.4 is 20.2 Å². The monoisotopic (exact) mass is 431 g/mol. The standard InChI is InChI=1S/C25H25N3O4/c1-18(27-28-25(30)17-32-21-14-12-20(31-2)13-15-21)16-24(29)26-23-11-7-6-10-22(23)19-8-4-3-5-9-19/h3-15H,16-17H2,1-2H3,(H,26,29)(H,28,30). The third-order valence-electron chi connectivity index (χ3n) is 4.50. The molecule has 7 heteroatoms. The molecule has 164 valence electrons. The van der Waals surface area contributed by atoms with E-state index in [1.54, 1.807) is 38.3 Å². The highest BCUT2D eigenvalue weighted by atomic mass is 16.5. The van der Waals surface area contributed by atoms with Gasteiger partial charge in [0.2, 0.25) is 5.91 Å². The van der Waals surface area contributed by atoms with Gasteiger partial charge in [-0.1, -0.05) is 48.5 Å². The lowest BCUT2D eigenvalue weighted by Crippen LogP contribution is -2.26. The third kappa shape index (κ3) is 6.70. The number of anilines is 1. The average molecular weight is 431 g/mol. The lowest BCUT2D eigenvalue weighted by molar-refractivity contribution is -0.123. The topological polar surface area (TPSA) is 89.0 Å². The molecule has 0 heterocycles. The van der Waals surface area contributed by atoms with Crippen molar-refractivity contribution in [2.24, 2.45) is 5.10 Å². The largest absolute Gasteiger partial charge is 0.497 e. The summed E-state index contributed by atoms with van der Waals surface area (Å²) in [5.41, 5.74) is 5.53. The van der Waals surface area contributed by atoms with Crippen LogP contribution in [0.3, 0.4) is 0 Å². The Morgan fingerprint density at radius 2 is 1.50 bits per heavy atom. The molecular formula is C25H25N3O4. The van der Waals surface area contributed by atoms with E-state index >= 15 is 0 Å².